The zero-order valence-corrected chi connectivity index (χ0v) is 14.3. The zero-order valence-electron chi connectivity index (χ0n) is 14.3. The number of para-hydroxylation sites is 2. The van der Waals surface area contributed by atoms with Gasteiger partial charge < -0.3 is 14.2 Å². The van der Waals surface area contributed by atoms with Crippen molar-refractivity contribution in [1.82, 2.24) is 15.0 Å². The first kappa shape index (κ1) is 15.4. The Labute approximate surface area is 142 Å². The summed E-state index contributed by atoms with van der Waals surface area (Å²) in [4.78, 5) is 9.06. The van der Waals surface area contributed by atoms with E-state index in [2.05, 4.69) is 46.0 Å². The van der Waals surface area contributed by atoms with E-state index < -0.39 is 0 Å². The van der Waals surface area contributed by atoms with E-state index in [4.69, 9.17) is 9.26 Å². The Morgan fingerprint density at radius 3 is 2.92 bits per heavy atom. The summed E-state index contributed by atoms with van der Waals surface area (Å²) in [5.74, 6) is 3.07. The lowest BCUT2D eigenvalue weighted by Gasteiger charge is -2.37. The zero-order chi connectivity index (χ0) is 16.5. The Morgan fingerprint density at radius 2 is 2.12 bits per heavy atom. The number of likely N-dealkylation sites (N-methyl/N-ethyl adjacent to an activating group) is 2. The quantitative estimate of drug-likeness (QED) is 0.812. The molecule has 0 amide bonds. The van der Waals surface area contributed by atoms with Gasteiger partial charge in [-0.2, -0.15) is 4.98 Å². The minimum absolute atomic E-state index is 0.135. The Hall–Kier alpha value is -2.08. The SMILES string of the molecule is CCN1C[C@@H](CN(C)Cc2nc(C3CC3)no2)Oc2ccccc21. The minimum Gasteiger partial charge on any atom is -0.485 e. The maximum Gasteiger partial charge on any atom is 0.240 e. The second-order valence-electron chi connectivity index (χ2n) is 6.76. The minimum atomic E-state index is 0.135. The molecule has 0 spiro atoms. The maximum absolute atomic E-state index is 6.18. The van der Waals surface area contributed by atoms with Crippen molar-refractivity contribution in [3.8, 4) is 5.75 Å². The molecule has 2 aromatic rings. The Morgan fingerprint density at radius 1 is 1.29 bits per heavy atom. The van der Waals surface area contributed by atoms with Crippen LogP contribution in [0.2, 0.25) is 0 Å². The Balaban J connectivity index is 1.37. The first-order valence-electron chi connectivity index (χ1n) is 8.74. The molecule has 0 bridgehead atoms. The summed E-state index contributed by atoms with van der Waals surface area (Å²) in [6, 6.07) is 8.25. The largest absolute Gasteiger partial charge is 0.485 e. The fraction of sp³-hybridized carbons (Fsp3) is 0.556. The van der Waals surface area contributed by atoms with Gasteiger partial charge in [-0.1, -0.05) is 17.3 Å². The summed E-state index contributed by atoms with van der Waals surface area (Å²) in [5.41, 5.74) is 1.19. The van der Waals surface area contributed by atoms with Gasteiger partial charge in [0.15, 0.2) is 5.82 Å². The average Bonchev–Trinajstić information content (AvgIpc) is 3.34. The van der Waals surface area contributed by atoms with Gasteiger partial charge in [0.2, 0.25) is 5.89 Å². The van der Waals surface area contributed by atoms with Gasteiger partial charge >= 0.3 is 0 Å². The van der Waals surface area contributed by atoms with Crippen LogP contribution in [-0.2, 0) is 6.54 Å². The summed E-state index contributed by atoms with van der Waals surface area (Å²) >= 11 is 0. The predicted molar refractivity (Wildman–Crippen MR) is 91.4 cm³/mol. The van der Waals surface area contributed by atoms with E-state index >= 15 is 0 Å². The molecular weight excluding hydrogens is 304 g/mol. The molecule has 0 unspecified atom stereocenters. The summed E-state index contributed by atoms with van der Waals surface area (Å²) in [6.45, 7) is 5.55. The number of nitrogens with zero attached hydrogens (tertiary/aromatic N) is 4. The fourth-order valence-corrected chi connectivity index (χ4v) is 3.26. The van der Waals surface area contributed by atoms with Crippen LogP contribution < -0.4 is 9.64 Å². The molecule has 1 atom stereocenters. The molecule has 0 N–H and O–H groups in total. The highest BCUT2D eigenvalue weighted by Crippen LogP contribution is 2.38. The highest BCUT2D eigenvalue weighted by Gasteiger charge is 2.29. The maximum atomic E-state index is 6.18. The highest BCUT2D eigenvalue weighted by molar-refractivity contribution is 5.60. The third-order valence-electron chi connectivity index (χ3n) is 4.65. The van der Waals surface area contributed by atoms with Crippen LogP contribution in [0.1, 0.15) is 37.4 Å². The second-order valence-corrected chi connectivity index (χ2v) is 6.76. The lowest BCUT2D eigenvalue weighted by molar-refractivity contribution is 0.133. The molecule has 6 heteroatoms. The van der Waals surface area contributed by atoms with Gasteiger partial charge in [0, 0.05) is 19.0 Å². The predicted octanol–water partition coefficient (Wildman–Crippen LogP) is 2.67. The standard InChI is InChI=1S/C18H24N4O2/c1-3-22-11-14(23-16-7-5-4-6-15(16)22)10-21(2)12-17-19-18(20-24-17)13-8-9-13/h4-7,13-14H,3,8-12H2,1-2H3/t14-/m1/s1. The van der Waals surface area contributed by atoms with Gasteiger partial charge in [0.25, 0.3) is 0 Å². The van der Waals surface area contributed by atoms with E-state index in [0.717, 1.165) is 31.2 Å². The van der Waals surface area contributed by atoms with Crippen molar-refractivity contribution in [3.63, 3.8) is 0 Å². The number of anilines is 1. The van der Waals surface area contributed by atoms with Gasteiger partial charge in [0.1, 0.15) is 11.9 Å². The van der Waals surface area contributed by atoms with Crippen molar-refractivity contribution < 1.29 is 9.26 Å². The van der Waals surface area contributed by atoms with Crippen LogP contribution >= 0.6 is 0 Å². The monoisotopic (exact) mass is 328 g/mol. The molecular formula is C18H24N4O2. The number of aromatic nitrogens is 2. The van der Waals surface area contributed by atoms with Crippen LogP contribution in [0, 0.1) is 0 Å². The summed E-state index contributed by atoms with van der Waals surface area (Å²) in [6.07, 6.45) is 2.52. The number of hydrogen-bond acceptors (Lipinski definition) is 6. The van der Waals surface area contributed by atoms with Gasteiger partial charge in [-0.15, -0.1) is 0 Å². The normalized spacial score (nSPS) is 20.1. The van der Waals surface area contributed by atoms with E-state index in [0.29, 0.717) is 18.4 Å². The van der Waals surface area contributed by atoms with Crippen molar-refractivity contribution in [2.45, 2.75) is 38.3 Å². The number of benzene rings is 1. The van der Waals surface area contributed by atoms with E-state index in [1.807, 2.05) is 12.1 Å². The fourth-order valence-electron chi connectivity index (χ4n) is 3.26. The van der Waals surface area contributed by atoms with E-state index in [1.165, 1.54) is 18.5 Å². The molecule has 0 radical (unpaired) electrons. The molecule has 1 fully saturated rings. The molecule has 128 valence electrons. The van der Waals surface area contributed by atoms with E-state index in [1.54, 1.807) is 0 Å². The summed E-state index contributed by atoms with van der Waals surface area (Å²) in [7, 11) is 2.07. The van der Waals surface area contributed by atoms with Crippen LogP contribution in [0.5, 0.6) is 5.75 Å². The molecule has 2 aliphatic rings. The number of hydrogen-bond donors (Lipinski definition) is 0. The van der Waals surface area contributed by atoms with Crippen molar-refractivity contribution in [3.05, 3.63) is 36.0 Å². The number of rotatable bonds is 6. The summed E-state index contributed by atoms with van der Waals surface area (Å²) in [5, 5.41) is 4.08. The molecule has 1 aliphatic carbocycles. The molecule has 1 aromatic carbocycles. The van der Waals surface area contributed by atoms with Gasteiger partial charge in [-0.25, -0.2) is 0 Å². The second kappa shape index (κ2) is 6.43. The van der Waals surface area contributed by atoms with Crippen molar-refractivity contribution >= 4 is 5.69 Å². The number of fused-ring (bicyclic) bond motifs is 1. The molecule has 24 heavy (non-hydrogen) atoms. The molecule has 6 nitrogen and oxygen atoms in total. The molecule has 1 saturated carbocycles. The Kier molecular flexibility index (Phi) is 4.14. The topological polar surface area (TPSA) is 54.6 Å². The van der Waals surface area contributed by atoms with E-state index in [9.17, 15) is 0 Å². The first-order chi connectivity index (χ1) is 11.7. The third-order valence-corrected chi connectivity index (χ3v) is 4.65. The molecule has 1 aromatic heterocycles. The van der Waals surface area contributed by atoms with Crippen molar-refractivity contribution in [2.75, 3.05) is 31.6 Å². The van der Waals surface area contributed by atoms with Crippen LogP contribution in [-0.4, -0.2) is 47.8 Å². The molecule has 4 rings (SSSR count). The first-order valence-corrected chi connectivity index (χ1v) is 8.74. The lowest BCUT2D eigenvalue weighted by Crippen LogP contribution is -2.45. The van der Waals surface area contributed by atoms with Gasteiger partial charge in [0.05, 0.1) is 18.8 Å². The van der Waals surface area contributed by atoms with Gasteiger partial charge in [-0.05, 0) is 38.9 Å². The highest BCUT2D eigenvalue weighted by atomic mass is 16.5. The van der Waals surface area contributed by atoms with Crippen LogP contribution in [0.15, 0.2) is 28.8 Å². The lowest BCUT2D eigenvalue weighted by atomic mass is 10.2. The molecule has 0 saturated heterocycles. The molecule has 2 heterocycles. The van der Waals surface area contributed by atoms with Crippen LogP contribution in [0.25, 0.3) is 0 Å². The summed E-state index contributed by atoms with van der Waals surface area (Å²) < 4.78 is 11.5. The van der Waals surface area contributed by atoms with Crippen molar-refractivity contribution in [1.29, 1.82) is 0 Å². The smallest absolute Gasteiger partial charge is 0.240 e. The van der Waals surface area contributed by atoms with Crippen LogP contribution in [0.4, 0.5) is 5.69 Å². The van der Waals surface area contributed by atoms with Gasteiger partial charge in [-0.3, -0.25) is 4.90 Å². The molecule has 1 aliphatic heterocycles. The van der Waals surface area contributed by atoms with E-state index in [-0.39, 0.29) is 6.10 Å². The number of ether oxygens (including phenoxy) is 1. The average molecular weight is 328 g/mol. The third kappa shape index (κ3) is 3.24. The Bertz CT molecular complexity index is 698. The van der Waals surface area contributed by atoms with Crippen molar-refractivity contribution in [2.24, 2.45) is 0 Å². The van der Waals surface area contributed by atoms with Crippen LogP contribution in [0.3, 0.4) is 0 Å².